The normalized spacial score (nSPS) is 24.7. The number of nitrogens with zero attached hydrogens (tertiary/aromatic N) is 2. The Bertz CT molecular complexity index is 1640. The van der Waals surface area contributed by atoms with E-state index in [1.807, 2.05) is 18.2 Å². The average Bonchev–Trinajstić information content (AvgIpc) is 3.87. The second-order valence-electron chi connectivity index (χ2n) is 12.7. The minimum atomic E-state index is -0.816. The maximum absolute atomic E-state index is 9.79. The zero-order valence-corrected chi connectivity index (χ0v) is 25.8. The van der Waals surface area contributed by atoms with Gasteiger partial charge in [0.15, 0.2) is 11.6 Å². The number of furan rings is 2. The number of fused-ring (bicyclic) bond motifs is 2. The Kier molecular flexibility index (Phi) is 7.75. The monoisotopic (exact) mass is 620 g/mol. The lowest BCUT2D eigenvalue weighted by molar-refractivity contribution is -0.174. The molecular formula is C37H36N2O7. The zero-order valence-electron chi connectivity index (χ0n) is 25.8. The van der Waals surface area contributed by atoms with Crippen molar-refractivity contribution in [2.75, 3.05) is 26.4 Å². The smallest absolute Gasteiger partial charge is 0.198 e. The fourth-order valence-corrected chi connectivity index (χ4v) is 7.45. The summed E-state index contributed by atoms with van der Waals surface area (Å²) in [6, 6.07) is 20.3. The third-order valence-corrected chi connectivity index (χ3v) is 9.98. The summed E-state index contributed by atoms with van der Waals surface area (Å²) < 4.78 is 33.9. The van der Waals surface area contributed by atoms with Crippen LogP contribution in [-0.2, 0) is 54.2 Å². The van der Waals surface area contributed by atoms with Gasteiger partial charge in [-0.15, -0.1) is 0 Å². The van der Waals surface area contributed by atoms with Gasteiger partial charge in [-0.1, -0.05) is 29.8 Å². The van der Waals surface area contributed by atoms with E-state index in [9.17, 15) is 15.6 Å². The van der Waals surface area contributed by atoms with Gasteiger partial charge < -0.3 is 32.9 Å². The maximum Gasteiger partial charge on any atom is 0.198 e. The Balaban J connectivity index is 0.000000147. The summed E-state index contributed by atoms with van der Waals surface area (Å²) in [4.78, 5) is 0. The number of hydrogen-bond donors (Lipinski definition) is 1. The van der Waals surface area contributed by atoms with Crippen LogP contribution < -0.4 is 0 Å². The molecule has 236 valence electrons. The molecule has 4 aromatic rings. The molecule has 46 heavy (non-hydrogen) atoms. The van der Waals surface area contributed by atoms with Gasteiger partial charge in [-0.2, -0.15) is 10.5 Å². The quantitative estimate of drug-likeness (QED) is 0.232. The molecule has 2 saturated heterocycles. The molecule has 2 unspecified atom stereocenters. The molecule has 8 rings (SSSR count). The van der Waals surface area contributed by atoms with E-state index in [2.05, 4.69) is 37.3 Å². The van der Waals surface area contributed by atoms with Gasteiger partial charge in [-0.05, 0) is 79.1 Å². The largest absolute Gasteiger partial charge is 0.508 e. The highest BCUT2D eigenvalue weighted by Crippen LogP contribution is 2.49. The summed E-state index contributed by atoms with van der Waals surface area (Å²) in [6.45, 7) is 4.30. The van der Waals surface area contributed by atoms with Crippen LogP contribution in [0.1, 0.15) is 64.6 Å². The summed E-state index contributed by atoms with van der Waals surface area (Å²) in [5.41, 5.74) is 6.52. The topological polar surface area (TPSA) is 131 Å². The van der Waals surface area contributed by atoms with Crippen LogP contribution in [0.3, 0.4) is 0 Å². The van der Waals surface area contributed by atoms with E-state index in [0.717, 1.165) is 34.2 Å². The number of rotatable bonds is 8. The van der Waals surface area contributed by atoms with E-state index in [1.165, 1.54) is 11.1 Å². The molecule has 2 atom stereocenters. The third kappa shape index (κ3) is 5.10. The van der Waals surface area contributed by atoms with Crippen LogP contribution in [0.15, 0.2) is 82.4 Å². The van der Waals surface area contributed by atoms with Crippen LogP contribution in [-0.4, -0.2) is 31.5 Å². The van der Waals surface area contributed by atoms with Crippen molar-refractivity contribution in [2.45, 2.75) is 67.9 Å². The van der Waals surface area contributed by atoms with Crippen molar-refractivity contribution in [3.05, 3.63) is 113 Å². The van der Waals surface area contributed by atoms with Crippen LogP contribution in [0.5, 0.6) is 5.75 Å². The van der Waals surface area contributed by atoms with Gasteiger partial charge >= 0.3 is 0 Å². The number of nitriles is 2. The number of phenolic OH excluding ortho intramolecular Hbond substituents is 1. The lowest BCUT2D eigenvalue weighted by Gasteiger charge is -2.40. The Morgan fingerprint density at radius 1 is 0.652 bits per heavy atom. The van der Waals surface area contributed by atoms with E-state index in [1.54, 1.807) is 37.2 Å². The van der Waals surface area contributed by atoms with E-state index in [0.29, 0.717) is 58.5 Å². The lowest BCUT2D eigenvalue weighted by Crippen LogP contribution is -2.40. The molecule has 0 radical (unpaired) electrons. The van der Waals surface area contributed by atoms with Crippen LogP contribution in [0, 0.1) is 29.6 Å². The highest BCUT2D eigenvalue weighted by atomic mass is 16.7. The first-order chi connectivity index (χ1) is 22.3. The first-order valence-corrected chi connectivity index (χ1v) is 15.7. The first kappa shape index (κ1) is 30.3. The molecule has 0 bridgehead atoms. The van der Waals surface area contributed by atoms with Crippen LogP contribution in [0.2, 0.25) is 0 Å². The van der Waals surface area contributed by atoms with Gasteiger partial charge in [-0.25, -0.2) is 0 Å². The molecule has 9 nitrogen and oxygen atoms in total. The van der Waals surface area contributed by atoms with Crippen molar-refractivity contribution in [1.29, 1.82) is 10.5 Å². The van der Waals surface area contributed by atoms with Gasteiger partial charge in [0.1, 0.15) is 5.75 Å². The highest BCUT2D eigenvalue weighted by molar-refractivity contribution is 5.53. The van der Waals surface area contributed by atoms with Gasteiger partial charge in [0, 0.05) is 24.0 Å². The highest BCUT2D eigenvalue weighted by Gasteiger charge is 2.49. The molecule has 0 saturated carbocycles. The van der Waals surface area contributed by atoms with E-state index < -0.39 is 22.4 Å². The molecule has 0 spiro atoms. The van der Waals surface area contributed by atoms with Crippen molar-refractivity contribution in [2.24, 2.45) is 0 Å². The summed E-state index contributed by atoms with van der Waals surface area (Å²) in [5.74, 6) is -1.34. The fraction of sp³-hybridized carbons (Fsp3) is 0.405. The molecule has 2 fully saturated rings. The summed E-state index contributed by atoms with van der Waals surface area (Å²) in [6.07, 6.45) is 10.6. The van der Waals surface area contributed by atoms with Crippen LogP contribution >= 0.6 is 0 Å². The zero-order chi connectivity index (χ0) is 31.8. The molecular weight excluding hydrogens is 584 g/mol. The van der Waals surface area contributed by atoms with Gasteiger partial charge in [0.2, 0.25) is 0 Å². The summed E-state index contributed by atoms with van der Waals surface area (Å²) in [7, 11) is 0. The molecule has 0 amide bonds. The Hall–Kier alpha value is -4.38. The SMILES string of the molecule is Cc1ccc2c(c1)CC2(C#N)CCC1(c2ccoc2)OCCO1.N#CC1(CCC2(c3ccoc3)OCCO2)Cc2cc(O)ccc21. The molecule has 2 aliphatic carbocycles. The minimum Gasteiger partial charge on any atom is -0.508 e. The molecule has 2 aromatic carbocycles. The predicted molar refractivity (Wildman–Crippen MR) is 164 cm³/mol. The maximum atomic E-state index is 9.79. The van der Waals surface area contributed by atoms with Gasteiger partial charge in [0.25, 0.3) is 0 Å². The molecule has 2 aliphatic heterocycles. The minimum absolute atomic E-state index is 0.243. The molecule has 1 N–H and O–H groups in total. The van der Waals surface area contributed by atoms with Crippen molar-refractivity contribution in [3.63, 3.8) is 0 Å². The summed E-state index contributed by atoms with van der Waals surface area (Å²) >= 11 is 0. The Labute approximate surface area is 267 Å². The Morgan fingerprint density at radius 3 is 1.54 bits per heavy atom. The Morgan fingerprint density at radius 2 is 1.13 bits per heavy atom. The first-order valence-electron chi connectivity index (χ1n) is 15.7. The second kappa shape index (κ2) is 11.8. The van der Waals surface area contributed by atoms with Crippen molar-refractivity contribution >= 4 is 0 Å². The molecule has 4 heterocycles. The van der Waals surface area contributed by atoms with Crippen LogP contribution in [0.4, 0.5) is 0 Å². The lowest BCUT2D eigenvalue weighted by atomic mass is 9.62. The molecule has 9 heteroatoms. The van der Waals surface area contributed by atoms with Crippen molar-refractivity contribution in [1.82, 2.24) is 0 Å². The summed E-state index contributed by atoms with van der Waals surface area (Å²) in [5, 5.41) is 29.1. The fourth-order valence-electron chi connectivity index (χ4n) is 7.45. The number of aromatic hydroxyl groups is 1. The number of hydrogen-bond acceptors (Lipinski definition) is 9. The average molecular weight is 621 g/mol. The third-order valence-electron chi connectivity index (χ3n) is 9.98. The standard InChI is InChI=1S/C19H19NO3.C18H17NO4/c1-14-2-3-17-15(10-14)11-18(17,13-20)5-6-19(22-8-9-23-19)16-4-7-21-12-16;19-12-17(10-13-9-15(20)1-2-16(13)17)4-5-18(22-7-8-23-18)14-3-6-21-11-14/h2-4,7,10,12H,5-6,8-9,11H2,1H3;1-3,6,9,11,20H,4-5,7-8,10H2. The number of aryl methyl sites for hydroxylation is 1. The number of phenols is 1. The van der Waals surface area contributed by atoms with Crippen LogP contribution in [0.25, 0.3) is 0 Å². The number of benzene rings is 2. The predicted octanol–water partition coefficient (Wildman–Crippen LogP) is 6.57. The van der Waals surface area contributed by atoms with E-state index in [4.69, 9.17) is 27.8 Å². The second-order valence-corrected chi connectivity index (χ2v) is 12.7. The van der Waals surface area contributed by atoms with E-state index >= 15 is 0 Å². The van der Waals surface area contributed by atoms with Crippen molar-refractivity contribution in [3.8, 4) is 17.9 Å². The van der Waals surface area contributed by atoms with Gasteiger partial charge in [0.05, 0.1) is 74.4 Å². The van der Waals surface area contributed by atoms with E-state index in [-0.39, 0.29) is 5.75 Å². The molecule has 4 aliphatic rings. The number of ether oxygens (including phenoxy) is 4. The van der Waals surface area contributed by atoms with Crippen molar-refractivity contribution < 1.29 is 32.9 Å². The van der Waals surface area contributed by atoms with Gasteiger partial charge in [-0.3, -0.25) is 0 Å². The molecule has 2 aromatic heterocycles.